The molecule has 0 fully saturated rings. The van der Waals surface area contributed by atoms with Crippen LogP contribution in [0.5, 0.6) is 5.75 Å². The SMILES string of the molecule is COc1ccc(-c2cc3nc([C@@H](C)NC(=O)c4csc(C)c4C)nn3cn2)cc1. The minimum atomic E-state index is -0.327. The Morgan fingerprint density at radius 1 is 1.24 bits per heavy atom. The Morgan fingerprint density at radius 3 is 2.66 bits per heavy atom. The average Bonchev–Trinajstić information content (AvgIpc) is 3.31. The van der Waals surface area contributed by atoms with Gasteiger partial charge in [0.15, 0.2) is 11.5 Å². The molecule has 1 N–H and O–H groups in total. The third-order valence-electron chi connectivity index (χ3n) is 4.90. The fraction of sp³-hybridized carbons (Fsp3) is 0.238. The maximum atomic E-state index is 12.6. The van der Waals surface area contributed by atoms with E-state index in [1.165, 1.54) is 0 Å². The average molecular weight is 407 g/mol. The first-order chi connectivity index (χ1) is 14.0. The molecule has 1 atom stereocenters. The van der Waals surface area contributed by atoms with Gasteiger partial charge in [0.1, 0.15) is 12.1 Å². The summed E-state index contributed by atoms with van der Waals surface area (Å²) in [5, 5.41) is 9.33. The Balaban J connectivity index is 1.56. The number of nitrogens with zero attached hydrogens (tertiary/aromatic N) is 4. The number of carbonyl (C=O) groups excluding carboxylic acids is 1. The largest absolute Gasteiger partial charge is 0.497 e. The molecular weight excluding hydrogens is 386 g/mol. The van der Waals surface area contributed by atoms with E-state index in [9.17, 15) is 4.79 Å². The topological polar surface area (TPSA) is 81.4 Å². The number of methoxy groups -OCH3 is 1. The second-order valence-corrected chi connectivity index (χ2v) is 7.88. The Bertz CT molecular complexity index is 1180. The van der Waals surface area contributed by atoms with E-state index in [1.54, 1.807) is 29.3 Å². The van der Waals surface area contributed by atoms with Crippen molar-refractivity contribution < 1.29 is 9.53 Å². The van der Waals surface area contributed by atoms with Gasteiger partial charge in [-0.2, -0.15) is 0 Å². The Hall–Kier alpha value is -3.26. The zero-order valence-electron chi connectivity index (χ0n) is 16.6. The van der Waals surface area contributed by atoms with Crippen LogP contribution in [0.25, 0.3) is 16.9 Å². The van der Waals surface area contributed by atoms with Crippen molar-refractivity contribution in [3.8, 4) is 17.0 Å². The van der Waals surface area contributed by atoms with Gasteiger partial charge in [-0.15, -0.1) is 16.4 Å². The summed E-state index contributed by atoms with van der Waals surface area (Å²) in [5.41, 5.74) is 4.13. The number of aryl methyl sites for hydroxylation is 1. The lowest BCUT2D eigenvalue weighted by molar-refractivity contribution is 0.0938. The van der Waals surface area contributed by atoms with Gasteiger partial charge < -0.3 is 10.1 Å². The smallest absolute Gasteiger partial charge is 0.252 e. The first kappa shape index (κ1) is 19.1. The normalized spacial score (nSPS) is 12.1. The molecule has 0 saturated heterocycles. The van der Waals surface area contributed by atoms with Crippen molar-refractivity contribution in [3.05, 3.63) is 63.9 Å². The number of hydrogen-bond donors (Lipinski definition) is 1. The van der Waals surface area contributed by atoms with Crippen LogP contribution in [-0.4, -0.2) is 32.6 Å². The number of hydrogen-bond acceptors (Lipinski definition) is 6. The van der Waals surface area contributed by atoms with Gasteiger partial charge in [-0.25, -0.2) is 14.5 Å². The van der Waals surface area contributed by atoms with Crippen LogP contribution in [-0.2, 0) is 0 Å². The summed E-state index contributed by atoms with van der Waals surface area (Å²) in [6, 6.07) is 9.22. The number of amides is 1. The molecule has 1 aromatic carbocycles. The zero-order chi connectivity index (χ0) is 20.5. The van der Waals surface area contributed by atoms with Gasteiger partial charge in [0.25, 0.3) is 5.91 Å². The van der Waals surface area contributed by atoms with Crippen LogP contribution >= 0.6 is 11.3 Å². The summed E-state index contributed by atoms with van der Waals surface area (Å²) in [6.07, 6.45) is 1.63. The lowest BCUT2D eigenvalue weighted by Gasteiger charge is -2.10. The van der Waals surface area contributed by atoms with Crippen molar-refractivity contribution in [1.29, 1.82) is 0 Å². The summed E-state index contributed by atoms with van der Waals surface area (Å²) >= 11 is 1.58. The maximum Gasteiger partial charge on any atom is 0.252 e. The number of benzene rings is 1. The molecule has 0 bridgehead atoms. The Morgan fingerprint density at radius 2 is 2.00 bits per heavy atom. The highest BCUT2D eigenvalue weighted by atomic mass is 32.1. The number of aromatic nitrogens is 4. The van der Waals surface area contributed by atoms with Crippen LogP contribution in [0.3, 0.4) is 0 Å². The quantitative estimate of drug-likeness (QED) is 0.541. The van der Waals surface area contributed by atoms with Crippen LogP contribution in [0.4, 0.5) is 0 Å². The summed E-state index contributed by atoms with van der Waals surface area (Å²) in [4.78, 5) is 22.8. The molecule has 7 nitrogen and oxygen atoms in total. The van der Waals surface area contributed by atoms with E-state index < -0.39 is 0 Å². The minimum Gasteiger partial charge on any atom is -0.497 e. The first-order valence-electron chi connectivity index (χ1n) is 9.18. The van der Waals surface area contributed by atoms with Crippen molar-refractivity contribution >= 4 is 22.9 Å². The van der Waals surface area contributed by atoms with E-state index in [4.69, 9.17) is 4.74 Å². The zero-order valence-corrected chi connectivity index (χ0v) is 17.4. The highest BCUT2D eigenvalue weighted by Gasteiger charge is 2.19. The molecule has 0 spiro atoms. The molecule has 148 valence electrons. The minimum absolute atomic E-state index is 0.116. The van der Waals surface area contributed by atoms with Crippen molar-refractivity contribution in [2.24, 2.45) is 0 Å². The summed E-state index contributed by atoms with van der Waals surface area (Å²) < 4.78 is 6.81. The molecule has 4 rings (SSSR count). The van der Waals surface area contributed by atoms with Crippen LogP contribution in [0.15, 0.2) is 42.0 Å². The van der Waals surface area contributed by atoms with E-state index in [1.807, 2.05) is 56.5 Å². The third-order valence-corrected chi connectivity index (χ3v) is 5.91. The van der Waals surface area contributed by atoms with Gasteiger partial charge >= 0.3 is 0 Å². The van der Waals surface area contributed by atoms with E-state index >= 15 is 0 Å². The number of nitrogens with one attached hydrogen (secondary N) is 1. The third kappa shape index (κ3) is 3.71. The molecule has 29 heavy (non-hydrogen) atoms. The predicted molar refractivity (Wildman–Crippen MR) is 112 cm³/mol. The van der Waals surface area contributed by atoms with Gasteiger partial charge in [0.2, 0.25) is 0 Å². The fourth-order valence-electron chi connectivity index (χ4n) is 2.99. The standard InChI is InChI=1S/C21H21N5O2S/c1-12-14(3)29-10-17(12)21(27)23-13(2)20-24-19-9-18(22-11-26(19)25-20)15-5-7-16(28-4)8-6-15/h5-11,13H,1-4H3,(H,23,27)/t13-/m1/s1. The Kier molecular flexibility index (Phi) is 5.02. The van der Waals surface area contributed by atoms with Crippen molar-refractivity contribution in [3.63, 3.8) is 0 Å². The van der Waals surface area contributed by atoms with Crippen molar-refractivity contribution in [2.75, 3.05) is 7.11 Å². The molecule has 3 heterocycles. The molecule has 8 heteroatoms. The first-order valence-corrected chi connectivity index (χ1v) is 10.1. The molecule has 0 aliphatic rings. The van der Waals surface area contributed by atoms with Crippen LogP contribution < -0.4 is 10.1 Å². The van der Waals surface area contributed by atoms with Crippen LogP contribution in [0.1, 0.15) is 39.6 Å². The van der Waals surface area contributed by atoms with E-state index in [2.05, 4.69) is 20.4 Å². The van der Waals surface area contributed by atoms with E-state index in [-0.39, 0.29) is 11.9 Å². The summed E-state index contributed by atoms with van der Waals surface area (Å²) in [6.45, 7) is 5.84. The van der Waals surface area contributed by atoms with Gasteiger partial charge in [-0.05, 0) is 50.6 Å². The van der Waals surface area contributed by atoms with E-state index in [0.29, 0.717) is 17.0 Å². The number of carbonyl (C=O) groups is 1. The molecule has 4 aromatic rings. The predicted octanol–water partition coefficient (Wildman–Crippen LogP) is 3.97. The van der Waals surface area contributed by atoms with Gasteiger partial charge in [0, 0.05) is 21.9 Å². The summed E-state index contributed by atoms with van der Waals surface area (Å²) in [5.74, 6) is 1.21. The van der Waals surface area contributed by atoms with Crippen LogP contribution in [0, 0.1) is 13.8 Å². The monoisotopic (exact) mass is 407 g/mol. The molecule has 0 saturated carbocycles. The Labute approximate surface area is 172 Å². The number of rotatable bonds is 5. The van der Waals surface area contributed by atoms with Gasteiger partial charge in [-0.1, -0.05) is 0 Å². The molecule has 1 amide bonds. The van der Waals surface area contributed by atoms with Gasteiger partial charge in [0.05, 0.1) is 24.4 Å². The number of thiophene rings is 1. The fourth-order valence-corrected chi connectivity index (χ4v) is 3.86. The molecule has 0 radical (unpaired) electrons. The molecule has 3 aromatic heterocycles. The van der Waals surface area contributed by atoms with Gasteiger partial charge in [-0.3, -0.25) is 4.79 Å². The second-order valence-electron chi connectivity index (χ2n) is 6.80. The molecule has 0 aliphatic heterocycles. The highest BCUT2D eigenvalue weighted by Crippen LogP contribution is 2.23. The highest BCUT2D eigenvalue weighted by molar-refractivity contribution is 7.10. The second kappa shape index (κ2) is 7.63. The summed E-state index contributed by atoms with van der Waals surface area (Å²) in [7, 11) is 1.64. The van der Waals surface area contributed by atoms with Crippen LogP contribution in [0.2, 0.25) is 0 Å². The van der Waals surface area contributed by atoms with Crippen molar-refractivity contribution in [1.82, 2.24) is 24.9 Å². The number of ether oxygens (including phenoxy) is 1. The lowest BCUT2D eigenvalue weighted by Crippen LogP contribution is -2.27. The molecule has 0 unspecified atom stereocenters. The molecular formula is C21H21N5O2S. The number of fused-ring (bicyclic) bond motifs is 1. The van der Waals surface area contributed by atoms with Crippen molar-refractivity contribution in [2.45, 2.75) is 26.8 Å². The van der Waals surface area contributed by atoms with E-state index in [0.717, 1.165) is 27.4 Å². The maximum absolute atomic E-state index is 12.6. The molecule has 0 aliphatic carbocycles. The lowest BCUT2D eigenvalue weighted by atomic mass is 10.1.